The molecule has 0 bridgehead atoms. The normalized spacial score (nSPS) is 16.1. The summed E-state index contributed by atoms with van der Waals surface area (Å²) in [5.74, 6) is -0.0198. The lowest BCUT2D eigenvalue weighted by molar-refractivity contribution is -0.113. The molecule has 0 aromatic heterocycles. The molecule has 1 heterocycles. The van der Waals surface area contributed by atoms with Crippen LogP contribution in [0.15, 0.2) is 53.4 Å². The smallest absolute Gasteiger partial charge is 0.270 e. The maximum Gasteiger partial charge on any atom is 0.270 e. The number of ether oxygens (including phenoxy) is 1. The van der Waals surface area contributed by atoms with Crippen molar-refractivity contribution in [2.24, 2.45) is 0 Å². The van der Waals surface area contributed by atoms with Gasteiger partial charge in [0.05, 0.1) is 17.2 Å². The molecule has 0 spiro atoms. The fourth-order valence-corrected chi connectivity index (χ4v) is 3.57. The highest BCUT2D eigenvalue weighted by atomic mass is 32.2. The van der Waals surface area contributed by atoms with Gasteiger partial charge in [0, 0.05) is 0 Å². The lowest BCUT2D eigenvalue weighted by Gasteiger charge is -2.14. The molecular formula is C18H14FNO2S2. The van der Waals surface area contributed by atoms with E-state index in [1.165, 1.54) is 22.7 Å². The fourth-order valence-electron chi connectivity index (χ4n) is 2.29. The Balaban J connectivity index is 1.87. The van der Waals surface area contributed by atoms with Gasteiger partial charge < -0.3 is 4.74 Å². The van der Waals surface area contributed by atoms with Gasteiger partial charge in [-0.2, -0.15) is 0 Å². The van der Waals surface area contributed by atoms with Crippen LogP contribution >= 0.6 is 24.0 Å². The highest BCUT2D eigenvalue weighted by molar-refractivity contribution is 8.27. The highest BCUT2D eigenvalue weighted by Crippen LogP contribution is 2.37. The van der Waals surface area contributed by atoms with Crippen molar-refractivity contribution in [1.29, 1.82) is 0 Å². The molecule has 1 amide bonds. The number of halogens is 1. The zero-order valence-corrected chi connectivity index (χ0v) is 14.5. The molecule has 1 aliphatic rings. The van der Waals surface area contributed by atoms with Crippen molar-refractivity contribution in [3.63, 3.8) is 0 Å². The van der Waals surface area contributed by atoms with Crippen molar-refractivity contribution in [2.45, 2.75) is 6.92 Å². The molecule has 3 nitrogen and oxygen atoms in total. The monoisotopic (exact) mass is 359 g/mol. The first-order valence-corrected chi connectivity index (χ1v) is 8.58. The standard InChI is InChI=1S/C18H14FNO2S2/c1-2-22-13-9-7-12(8-10-13)11-16-17(21)20(18(23)24-16)15-6-4-3-5-14(15)19/h3-11H,2H2,1H3/b16-11-. The van der Waals surface area contributed by atoms with Crippen LogP contribution in [0.3, 0.4) is 0 Å². The summed E-state index contributed by atoms with van der Waals surface area (Å²) in [6.45, 7) is 2.52. The zero-order valence-electron chi connectivity index (χ0n) is 12.9. The number of anilines is 1. The van der Waals surface area contributed by atoms with Gasteiger partial charge in [-0.25, -0.2) is 4.39 Å². The van der Waals surface area contributed by atoms with E-state index in [1.54, 1.807) is 24.3 Å². The van der Waals surface area contributed by atoms with Gasteiger partial charge in [0.1, 0.15) is 11.6 Å². The minimum atomic E-state index is -0.476. The number of nitrogens with zero attached hydrogens (tertiary/aromatic N) is 1. The van der Waals surface area contributed by atoms with Gasteiger partial charge >= 0.3 is 0 Å². The van der Waals surface area contributed by atoms with Crippen LogP contribution in [0.5, 0.6) is 5.75 Å². The molecule has 2 aromatic rings. The third-order valence-electron chi connectivity index (χ3n) is 3.38. The van der Waals surface area contributed by atoms with Crippen LogP contribution in [-0.2, 0) is 4.79 Å². The number of benzene rings is 2. The molecule has 6 heteroatoms. The minimum absolute atomic E-state index is 0.176. The van der Waals surface area contributed by atoms with Gasteiger partial charge in [-0.15, -0.1) is 0 Å². The number of amides is 1. The second-order valence-corrected chi connectivity index (χ2v) is 6.65. The van der Waals surface area contributed by atoms with E-state index < -0.39 is 5.82 Å². The maximum atomic E-state index is 14.0. The van der Waals surface area contributed by atoms with Crippen LogP contribution in [-0.4, -0.2) is 16.8 Å². The van der Waals surface area contributed by atoms with E-state index in [2.05, 4.69) is 0 Å². The number of para-hydroxylation sites is 1. The molecule has 0 atom stereocenters. The Bertz CT molecular complexity index is 818. The largest absolute Gasteiger partial charge is 0.494 e. The summed E-state index contributed by atoms with van der Waals surface area (Å²) in [6, 6.07) is 13.5. The molecule has 122 valence electrons. The molecule has 1 aliphatic heterocycles. The third-order valence-corrected chi connectivity index (χ3v) is 4.68. The summed E-state index contributed by atoms with van der Waals surface area (Å²) in [7, 11) is 0. The molecule has 0 saturated carbocycles. The van der Waals surface area contributed by atoms with E-state index in [-0.39, 0.29) is 11.6 Å². The zero-order chi connectivity index (χ0) is 17.1. The Morgan fingerprint density at radius 2 is 1.92 bits per heavy atom. The lowest BCUT2D eigenvalue weighted by atomic mass is 10.2. The molecule has 0 radical (unpaired) electrons. The average Bonchev–Trinajstić information content (AvgIpc) is 2.84. The van der Waals surface area contributed by atoms with Crippen LogP contribution in [0.1, 0.15) is 12.5 Å². The number of thiocarbonyl (C=S) groups is 1. The Morgan fingerprint density at radius 1 is 1.21 bits per heavy atom. The molecule has 0 aliphatic carbocycles. The van der Waals surface area contributed by atoms with Crippen molar-refractivity contribution < 1.29 is 13.9 Å². The number of rotatable bonds is 4. The Labute approximate surface area is 149 Å². The van der Waals surface area contributed by atoms with Gasteiger partial charge in [-0.1, -0.05) is 48.2 Å². The summed E-state index contributed by atoms with van der Waals surface area (Å²) < 4.78 is 19.7. The van der Waals surface area contributed by atoms with Crippen LogP contribution in [0.4, 0.5) is 10.1 Å². The van der Waals surface area contributed by atoms with Gasteiger partial charge in [-0.05, 0) is 42.8 Å². The minimum Gasteiger partial charge on any atom is -0.494 e. The topological polar surface area (TPSA) is 29.5 Å². The van der Waals surface area contributed by atoms with Crippen LogP contribution < -0.4 is 9.64 Å². The third kappa shape index (κ3) is 3.34. The predicted molar refractivity (Wildman–Crippen MR) is 99.7 cm³/mol. The quantitative estimate of drug-likeness (QED) is 0.588. The summed E-state index contributed by atoms with van der Waals surface area (Å²) in [4.78, 5) is 14.3. The molecule has 0 unspecified atom stereocenters. The number of hydrogen-bond acceptors (Lipinski definition) is 4. The fraction of sp³-hybridized carbons (Fsp3) is 0.111. The molecule has 24 heavy (non-hydrogen) atoms. The SMILES string of the molecule is CCOc1ccc(/C=C2\SC(=S)N(c3ccccc3F)C2=O)cc1. The summed E-state index contributed by atoms with van der Waals surface area (Å²) in [6.07, 6.45) is 1.75. The van der Waals surface area contributed by atoms with E-state index in [0.29, 0.717) is 15.8 Å². The second kappa shape index (κ2) is 7.15. The van der Waals surface area contributed by atoms with Crippen LogP contribution in [0.2, 0.25) is 0 Å². The summed E-state index contributed by atoms with van der Waals surface area (Å²) in [5, 5.41) is 0. The van der Waals surface area contributed by atoms with Gasteiger partial charge in [0.2, 0.25) is 0 Å². The molecule has 2 aromatic carbocycles. The van der Waals surface area contributed by atoms with Crippen molar-refractivity contribution in [3.8, 4) is 5.75 Å². The molecular weight excluding hydrogens is 345 g/mol. The Kier molecular flexibility index (Phi) is 4.97. The van der Waals surface area contributed by atoms with E-state index in [1.807, 2.05) is 31.2 Å². The first-order valence-electron chi connectivity index (χ1n) is 7.35. The van der Waals surface area contributed by atoms with E-state index in [0.717, 1.165) is 11.3 Å². The van der Waals surface area contributed by atoms with Crippen molar-refractivity contribution in [2.75, 3.05) is 11.5 Å². The van der Waals surface area contributed by atoms with Crippen molar-refractivity contribution >= 4 is 46.0 Å². The van der Waals surface area contributed by atoms with Crippen molar-refractivity contribution in [1.82, 2.24) is 0 Å². The summed E-state index contributed by atoms with van der Waals surface area (Å²) in [5.41, 5.74) is 1.03. The van der Waals surface area contributed by atoms with Gasteiger partial charge in [0.15, 0.2) is 4.32 Å². The van der Waals surface area contributed by atoms with Crippen LogP contribution in [0.25, 0.3) is 6.08 Å². The van der Waals surface area contributed by atoms with Gasteiger partial charge in [0.25, 0.3) is 5.91 Å². The first kappa shape index (κ1) is 16.7. The van der Waals surface area contributed by atoms with Crippen molar-refractivity contribution in [3.05, 3.63) is 64.8 Å². The molecule has 1 saturated heterocycles. The summed E-state index contributed by atoms with van der Waals surface area (Å²) >= 11 is 6.41. The molecule has 0 N–H and O–H groups in total. The predicted octanol–water partition coefficient (Wildman–Crippen LogP) is 4.63. The number of thioether (sulfide) groups is 1. The Hall–Kier alpha value is -2.18. The molecule has 3 rings (SSSR count). The van der Waals surface area contributed by atoms with E-state index in [4.69, 9.17) is 17.0 Å². The Morgan fingerprint density at radius 3 is 2.58 bits per heavy atom. The van der Waals surface area contributed by atoms with Crippen LogP contribution in [0, 0.1) is 5.82 Å². The number of carbonyl (C=O) groups is 1. The van der Waals surface area contributed by atoms with Gasteiger partial charge in [-0.3, -0.25) is 9.69 Å². The second-order valence-electron chi connectivity index (χ2n) is 4.97. The maximum absolute atomic E-state index is 14.0. The number of hydrogen-bond donors (Lipinski definition) is 0. The first-order chi connectivity index (χ1) is 11.6. The van der Waals surface area contributed by atoms with E-state index in [9.17, 15) is 9.18 Å². The lowest BCUT2D eigenvalue weighted by Crippen LogP contribution is -2.28. The average molecular weight is 359 g/mol. The highest BCUT2D eigenvalue weighted by Gasteiger charge is 2.34. The number of carbonyl (C=O) groups excluding carboxylic acids is 1. The van der Waals surface area contributed by atoms with E-state index >= 15 is 0 Å². The molecule has 1 fully saturated rings.